The standard InChI is InChI=1S/C19H23N3O2S/c1-12(2)13(3)21-18(23)17-10-25-11-22(17)19(24)15-6-4-8-16-14(15)7-5-9-20-16/h4-9,12-13,17H,10-11H2,1-3H3,(H,21,23). The molecule has 25 heavy (non-hydrogen) atoms. The van der Waals surface area contributed by atoms with Crippen LogP contribution in [0.4, 0.5) is 0 Å². The van der Waals surface area contributed by atoms with Gasteiger partial charge in [-0.15, -0.1) is 11.8 Å². The SMILES string of the molecule is CC(C)C(C)NC(=O)C1CSCN1C(=O)c1cccc2ncccc12. The Balaban J connectivity index is 1.84. The van der Waals surface area contributed by atoms with E-state index in [0.717, 1.165) is 10.9 Å². The van der Waals surface area contributed by atoms with Crippen molar-refractivity contribution in [2.75, 3.05) is 11.6 Å². The summed E-state index contributed by atoms with van der Waals surface area (Å²) in [5, 5.41) is 3.86. The number of carbonyl (C=O) groups excluding carboxylic acids is 2. The van der Waals surface area contributed by atoms with Crippen LogP contribution in [0.5, 0.6) is 0 Å². The fraction of sp³-hybridized carbons (Fsp3) is 0.421. The summed E-state index contributed by atoms with van der Waals surface area (Å²) in [5.74, 6) is 1.33. The quantitative estimate of drug-likeness (QED) is 0.914. The molecule has 2 unspecified atom stereocenters. The minimum absolute atomic E-state index is 0.0714. The number of benzene rings is 1. The molecule has 132 valence electrons. The second kappa shape index (κ2) is 7.44. The monoisotopic (exact) mass is 357 g/mol. The van der Waals surface area contributed by atoms with E-state index < -0.39 is 6.04 Å². The van der Waals surface area contributed by atoms with Crippen molar-refractivity contribution in [1.29, 1.82) is 0 Å². The predicted molar refractivity (Wildman–Crippen MR) is 101 cm³/mol. The van der Waals surface area contributed by atoms with E-state index in [1.54, 1.807) is 28.9 Å². The Morgan fingerprint density at radius 2 is 2.04 bits per heavy atom. The average molecular weight is 357 g/mol. The lowest BCUT2D eigenvalue weighted by Gasteiger charge is -2.26. The molecule has 5 nitrogen and oxygen atoms in total. The lowest BCUT2D eigenvalue weighted by atomic mass is 10.1. The maximum atomic E-state index is 13.1. The molecule has 2 heterocycles. The van der Waals surface area contributed by atoms with Crippen LogP contribution < -0.4 is 5.32 Å². The van der Waals surface area contributed by atoms with Gasteiger partial charge in [0, 0.05) is 28.9 Å². The Labute approximate surface area is 152 Å². The molecule has 1 aliphatic heterocycles. The van der Waals surface area contributed by atoms with E-state index in [-0.39, 0.29) is 17.9 Å². The number of fused-ring (bicyclic) bond motifs is 1. The molecule has 0 bridgehead atoms. The van der Waals surface area contributed by atoms with Gasteiger partial charge in [0.05, 0.1) is 11.4 Å². The molecule has 1 fully saturated rings. The zero-order chi connectivity index (χ0) is 18.0. The van der Waals surface area contributed by atoms with Gasteiger partial charge in [0.15, 0.2) is 0 Å². The van der Waals surface area contributed by atoms with Crippen molar-refractivity contribution in [3.63, 3.8) is 0 Å². The average Bonchev–Trinajstić information content (AvgIpc) is 3.10. The van der Waals surface area contributed by atoms with Crippen LogP contribution in [-0.4, -0.2) is 45.4 Å². The van der Waals surface area contributed by atoms with Gasteiger partial charge in [0.25, 0.3) is 5.91 Å². The van der Waals surface area contributed by atoms with Crippen molar-refractivity contribution < 1.29 is 9.59 Å². The zero-order valence-electron chi connectivity index (χ0n) is 14.7. The van der Waals surface area contributed by atoms with E-state index >= 15 is 0 Å². The van der Waals surface area contributed by atoms with Crippen molar-refractivity contribution in [2.24, 2.45) is 5.92 Å². The predicted octanol–water partition coefficient (Wildman–Crippen LogP) is 2.91. The minimum Gasteiger partial charge on any atom is -0.352 e. The Hall–Kier alpha value is -2.08. The molecule has 1 aliphatic rings. The molecule has 0 spiro atoms. The second-order valence-electron chi connectivity index (χ2n) is 6.71. The van der Waals surface area contributed by atoms with E-state index in [0.29, 0.717) is 23.1 Å². The van der Waals surface area contributed by atoms with Gasteiger partial charge in [0.1, 0.15) is 6.04 Å². The molecule has 3 rings (SSSR count). The number of aromatic nitrogens is 1. The molecule has 0 saturated carbocycles. The lowest BCUT2D eigenvalue weighted by molar-refractivity contribution is -0.125. The van der Waals surface area contributed by atoms with Crippen molar-refractivity contribution in [3.8, 4) is 0 Å². The van der Waals surface area contributed by atoms with Crippen LogP contribution in [0.15, 0.2) is 36.5 Å². The highest BCUT2D eigenvalue weighted by Gasteiger charge is 2.36. The molecule has 1 aromatic heterocycles. The molecule has 1 aromatic carbocycles. The number of thioether (sulfide) groups is 1. The van der Waals surface area contributed by atoms with Crippen LogP contribution >= 0.6 is 11.8 Å². The van der Waals surface area contributed by atoms with Crippen molar-refractivity contribution in [3.05, 3.63) is 42.1 Å². The largest absolute Gasteiger partial charge is 0.352 e. The number of nitrogens with one attached hydrogen (secondary N) is 1. The van der Waals surface area contributed by atoms with Gasteiger partial charge >= 0.3 is 0 Å². The molecular formula is C19H23N3O2S. The van der Waals surface area contributed by atoms with Crippen LogP contribution in [0.3, 0.4) is 0 Å². The number of nitrogens with zero attached hydrogens (tertiary/aromatic N) is 2. The molecule has 2 atom stereocenters. The van der Waals surface area contributed by atoms with Gasteiger partial charge in [-0.2, -0.15) is 0 Å². The number of carbonyl (C=O) groups is 2. The maximum Gasteiger partial charge on any atom is 0.255 e. The first-order valence-corrected chi connectivity index (χ1v) is 9.67. The van der Waals surface area contributed by atoms with Crippen LogP contribution in [0.25, 0.3) is 10.9 Å². The number of pyridine rings is 1. The molecular weight excluding hydrogens is 334 g/mol. The molecule has 1 saturated heterocycles. The second-order valence-corrected chi connectivity index (χ2v) is 7.71. The van der Waals surface area contributed by atoms with E-state index in [9.17, 15) is 9.59 Å². The van der Waals surface area contributed by atoms with E-state index in [1.807, 2.05) is 31.2 Å². The first-order valence-electron chi connectivity index (χ1n) is 8.52. The zero-order valence-corrected chi connectivity index (χ0v) is 15.5. The highest BCUT2D eigenvalue weighted by molar-refractivity contribution is 7.99. The number of hydrogen-bond donors (Lipinski definition) is 1. The Kier molecular flexibility index (Phi) is 5.27. The summed E-state index contributed by atoms with van der Waals surface area (Å²) in [6, 6.07) is 8.91. The molecule has 1 N–H and O–H groups in total. The smallest absolute Gasteiger partial charge is 0.255 e. The Morgan fingerprint density at radius 1 is 1.24 bits per heavy atom. The van der Waals surface area contributed by atoms with Crippen LogP contribution in [0.2, 0.25) is 0 Å². The number of amides is 2. The van der Waals surface area contributed by atoms with Gasteiger partial charge in [0.2, 0.25) is 5.91 Å². The topological polar surface area (TPSA) is 62.3 Å². The number of hydrogen-bond acceptors (Lipinski definition) is 4. The summed E-state index contributed by atoms with van der Waals surface area (Å²) >= 11 is 1.61. The Bertz CT molecular complexity index is 788. The summed E-state index contributed by atoms with van der Waals surface area (Å²) in [6.45, 7) is 6.13. The van der Waals surface area contributed by atoms with Crippen LogP contribution in [-0.2, 0) is 4.79 Å². The van der Waals surface area contributed by atoms with E-state index in [2.05, 4.69) is 24.1 Å². The van der Waals surface area contributed by atoms with Crippen molar-refractivity contribution in [1.82, 2.24) is 15.2 Å². The highest BCUT2D eigenvalue weighted by Crippen LogP contribution is 2.26. The molecule has 0 aliphatic carbocycles. The summed E-state index contributed by atoms with van der Waals surface area (Å²) in [5.41, 5.74) is 1.39. The third-order valence-electron chi connectivity index (χ3n) is 4.69. The van der Waals surface area contributed by atoms with Gasteiger partial charge in [-0.1, -0.05) is 26.0 Å². The third kappa shape index (κ3) is 3.63. The minimum atomic E-state index is -0.425. The van der Waals surface area contributed by atoms with Gasteiger partial charge in [-0.05, 0) is 31.0 Å². The fourth-order valence-corrected chi connectivity index (χ4v) is 3.95. The third-order valence-corrected chi connectivity index (χ3v) is 5.70. The van der Waals surface area contributed by atoms with Crippen LogP contribution in [0.1, 0.15) is 31.1 Å². The molecule has 2 amide bonds. The van der Waals surface area contributed by atoms with Crippen LogP contribution in [0, 0.1) is 5.92 Å². The summed E-state index contributed by atoms with van der Waals surface area (Å²) in [6.07, 6.45) is 1.71. The van der Waals surface area contributed by atoms with Gasteiger partial charge < -0.3 is 10.2 Å². The maximum absolute atomic E-state index is 13.1. The molecule has 6 heteroatoms. The van der Waals surface area contributed by atoms with E-state index in [4.69, 9.17) is 0 Å². The summed E-state index contributed by atoms with van der Waals surface area (Å²) < 4.78 is 0. The van der Waals surface area contributed by atoms with Crippen molar-refractivity contribution in [2.45, 2.75) is 32.9 Å². The van der Waals surface area contributed by atoms with Crippen molar-refractivity contribution >= 4 is 34.5 Å². The first-order chi connectivity index (χ1) is 12.0. The number of rotatable bonds is 4. The lowest BCUT2D eigenvalue weighted by Crippen LogP contribution is -2.50. The normalized spacial score (nSPS) is 18.6. The first kappa shape index (κ1) is 17.7. The molecule has 2 aromatic rings. The van der Waals surface area contributed by atoms with E-state index in [1.165, 1.54) is 0 Å². The summed E-state index contributed by atoms with van der Waals surface area (Å²) in [7, 11) is 0. The summed E-state index contributed by atoms with van der Waals surface area (Å²) in [4.78, 5) is 31.7. The fourth-order valence-electron chi connectivity index (χ4n) is 2.79. The molecule has 0 radical (unpaired) electrons. The Morgan fingerprint density at radius 3 is 2.80 bits per heavy atom. The van der Waals surface area contributed by atoms with Gasteiger partial charge in [-0.3, -0.25) is 14.6 Å². The van der Waals surface area contributed by atoms with Gasteiger partial charge in [-0.25, -0.2) is 0 Å². The highest BCUT2D eigenvalue weighted by atomic mass is 32.2.